The van der Waals surface area contributed by atoms with Crippen LogP contribution >= 0.6 is 0 Å². The molecule has 0 fully saturated rings. The summed E-state index contributed by atoms with van der Waals surface area (Å²) in [6.45, 7) is 0. The molecule has 0 aliphatic heterocycles. The molecule has 18 heavy (non-hydrogen) atoms. The first-order valence-electron chi connectivity index (χ1n) is 6.35. The van der Waals surface area contributed by atoms with Gasteiger partial charge in [0, 0.05) is 5.69 Å². The normalized spacial score (nSPS) is 17.3. The Balaban J connectivity index is 1.77. The highest BCUT2D eigenvalue weighted by molar-refractivity contribution is 5.50. The van der Waals surface area contributed by atoms with E-state index in [1.807, 2.05) is 12.1 Å². The predicted molar refractivity (Wildman–Crippen MR) is 74.1 cm³/mol. The van der Waals surface area contributed by atoms with Crippen LogP contribution in [0.15, 0.2) is 48.5 Å². The third-order valence-corrected chi connectivity index (χ3v) is 3.56. The summed E-state index contributed by atoms with van der Waals surface area (Å²) >= 11 is 0. The Bertz CT molecular complexity index is 533. The minimum atomic E-state index is 0.439. The van der Waals surface area contributed by atoms with Crippen molar-refractivity contribution in [2.75, 3.05) is 12.4 Å². The lowest BCUT2D eigenvalue weighted by Crippen LogP contribution is -2.06. The second kappa shape index (κ2) is 4.73. The molecule has 1 aliphatic carbocycles. The minimum absolute atomic E-state index is 0.439. The number of hydrogen-bond acceptors (Lipinski definition) is 2. The number of hydrogen-bond donors (Lipinski definition) is 1. The third-order valence-electron chi connectivity index (χ3n) is 3.56. The second-order valence-corrected chi connectivity index (χ2v) is 4.66. The standard InChI is InChI=1S/C16H17NO/c1-18-14-9-7-13(8-10-14)17-16-11-6-12-4-2-3-5-15(12)16/h2-5,7-10,16-17H,6,11H2,1H3/t16-/m0/s1. The molecule has 1 N–H and O–H groups in total. The topological polar surface area (TPSA) is 21.3 Å². The van der Waals surface area contributed by atoms with Gasteiger partial charge in [-0.25, -0.2) is 0 Å². The van der Waals surface area contributed by atoms with Crippen LogP contribution in [-0.2, 0) is 6.42 Å². The summed E-state index contributed by atoms with van der Waals surface area (Å²) in [6, 6.07) is 17.2. The van der Waals surface area contributed by atoms with Crippen LogP contribution in [0.4, 0.5) is 5.69 Å². The zero-order valence-electron chi connectivity index (χ0n) is 10.5. The van der Waals surface area contributed by atoms with Crippen molar-refractivity contribution in [2.24, 2.45) is 0 Å². The highest BCUT2D eigenvalue weighted by atomic mass is 16.5. The molecule has 0 spiro atoms. The van der Waals surface area contributed by atoms with Crippen molar-refractivity contribution in [3.8, 4) is 5.75 Å². The van der Waals surface area contributed by atoms with Crippen LogP contribution in [0.1, 0.15) is 23.6 Å². The predicted octanol–water partition coefficient (Wildman–Crippen LogP) is 3.79. The SMILES string of the molecule is COc1ccc(N[C@H]2CCc3ccccc32)cc1. The van der Waals surface area contributed by atoms with Crippen molar-refractivity contribution in [1.29, 1.82) is 0 Å². The molecule has 0 bridgehead atoms. The van der Waals surface area contributed by atoms with E-state index in [-0.39, 0.29) is 0 Å². The average molecular weight is 239 g/mol. The largest absolute Gasteiger partial charge is 0.497 e. The van der Waals surface area contributed by atoms with E-state index in [0.29, 0.717) is 6.04 Å². The van der Waals surface area contributed by atoms with E-state index in [4.69, 9.17) is 4.74 Å². The number of methoxy groups -OCH3 is 1. The van der Waals surface area contributed by atoms with E-state index >= 15 is 0 Å². The van der Waals surface area contributed by atoms with Crippen molar-refractivity contribution in [3.63, 3.8) is 0 Å². The van der Waals surface area contributed by atoms with E-state index < -0.39 is 0 Å². The summed E-state index contributed by atoms with van der Waals surface area (Å²) in [5.74, 6) is 0.896. The van der Waals surface area contributed by atoms with Gasteiger partial charge in [0.05, 0.1) is 13.2 Å². The zero-order valence-corrected chi connectivity index (χ0v) is 10.5. The molecule has 0 amide bonds. The lowest BCUT2D eigenvalue weighted by atomic mass is 10.1. The monoisotopic (exact) mass is 239 g/mol. The van der Waals surface area contributed by atoms with E-state index in [1.54, 1.807) is 7.11 Å². The van der Waals surface area contributed by atoms with Crippen molar-refractivity contribution < 1.29 is 4.74 Å². The van der Waals surface area contributed by atoms with Crippen LogP contribution in [0.25, 0.3) is 0 Å². The fraction of sp³-hybridized carbons (Fsp3) is 0.250. The maximum absolute atomic E-state index is 5.17. The summed E-state index contributed by atoms with van der Waals surface area (Å²) in [5, 5.41) is 3.59. The minimum Gasteiger partial charge on any atom is -0.497 e. The van der Waals surface area contributed by atoms with Gasteiger partial charge in [0.1, 0.15) is 5.75 Å². The van der Waals surface area contributed by atoms with Gasteiger partial charge in [0.2, 0.25) is 0 Å². The molecule has 1 atom stereocenters. The number of anilines is 1. The number of aryl methyl sites for hydroxylation is 1. The molecule has 1 aliphatic rings. The fourth-order valence-electron chi connectivity index (χ4n) is 2.60. The molecule has 92 valence electrons. The van der Waals surface area contributed by atoms with Gasteiger partial charge in [-0.15, -0.1) is 0 Å². The lowest BCUT2D eigenvalue weighted by Gasteiger charge is -2.15. The third kappa shape index (κ3) is 2.06. The van der Waals surface area contributed by atoms with Crippen molar-refractivity contribution in [3.05, 3.63) is 59.7 Å². The Morgan fingerprint density at radius 1 is 1.06 bits per heavy atom. The average Bonchev–Trinajstić information content (AvgIpc) is 2.83. The van der Waals surface area contributed by atoms with Crippen molar-refractivity contribution >= 4 is 5.69 Å². The van der Waals surface area contributed by atoms with E-state index in [1.165, 1.54) is 24.0 Å². The lowest BCUT2D eigenvalue weighted by molar-refractivity contribution is 0.415. The molecule has 2 aromatic rings. The zero-order chi connectivity index (χ0) is 12.4. The quantitative estimate of drug-likeness (QED) is 0.879. The van der Waals surface area contributed by atoms with Gasteiger partial charge in [-0.2, -0.15) is 0 Å². The molecule has 0 heterocycles. The number of ether oxygens (including phenoxy) is 1. The Morgan fingerprint density at radius 3 is 2.61 bits per heavy atom. The molecule has 0 saturated heterocycles. The van der Waals surface area contributed by atoms with E-state index in [9.17, 15) is 0 Å². The summed E-state index contributed by atoms with van der Waals surface area (Å²) in [5.41, 5.74) is 4.06. The molecular formula is C16H17NO. The molecule has 3 rings (SSSR count). The Labute approximate surface area is 108 Å². The van der Waals surface area contributed by atoms with Gasteiger partial charge < -0.3 is 10.1 Å². The molecule has 2 aromatic carbocycles. The molecule has 2 nitrogen and oxygen atoms in total. The van der Waals surface area contributed by atoms with Crippen LogP contribution in [-0.4, -0.2) is 7.11 Å². The summed E-state index contributed by atoms with van der Waals surface area (Å²) < 4.78 is 5.17. The Hall–Kier alpha value is -1.96. The van der Waals surface area contributed by atoms with E-state index in [0.717, 1.165) is 11.4 Å². The maximum Gasteiger partial charge on any atom is 0.119 e. The van der Waals surface area contributed by atoms with Crippen LogP contribution in [0.5, 0.6) is 5.75 Å². The number of fused-ring (bicyclic) bond motifs is 1. The second-order valence-electron chi connectivity index (χ2n) is 4.66. The van der Waals surface area contributed by atoms with Gasteiger partial charge in [-0.05, 0) is 48.2 Å². The van der Waals surface area contributed by atoms with Crippen molar-refractivity contribution in [1.82, 2.24) is 0 Å². The maximum atomic E-state index is 5.17. The first-order valence-corrected chi connectivity index (χ1v) is 6.35. The number of rotatable bonds is 3. The highest BCUT2D eigenvalue weighted by Crippen LogP contribution is 2.33. The molecule has 0 radical (unpaired) electrons. The summed E-state index contributed by atoms with van der Waals surface area (Å²) in [7, 11) is 1.69. The fourth-order valence-corrected chi connectivity index (χ4v) is 2.60. The Kier molecular flexibility index (Phi) is 2.93. The molecule has 0 saturated carbocycles. The Morgan fingerprint density at radius 2 is 1.83 bits per heavy atom. The van der Waals surface area contributed by atoms with E-state index in [2.05, 4.69) is 41.7 Å². The van der Waals surface area contributed by atoms with Gasteiger partial charge in [0.25, 0.3) is 0 Å². The first kappa shape index (κ1) is 11.1. The highest BCUT2D eigenvalue weighted by Gasteiger charge is 2.21. The number of nitrogens with one attached hydrogen (secondary N) is 1. The van der Waals surface area contributed by atoms with Crippen LogP contribution < -0.4 is 10.1 Å². The summed E-state index contributed by atoms with van der Waals surface area (Å²) in [6.07, 6.45) is 2.34. The van der Waals surface area contributed by atoms with Gasteiger partial charge >= 0.3 is 0 Å². The smallest absolute Gasteiger partial charge is 0.119 e. The van der Waals surface area contributed by atoms with Crippen LogP contribution in [0.3, 0.4) is 0 Å². The van der Waals surface area contributed by atoms with Gasteiger partial charge in [-0.1, -0.05) is 24.3 Å². The van der Waals surface area contributed by atoms with Gasteiger partial charge in [0.15, 0.2) is 0 Å². The summed E-state index contributed by atoms with van der Waals surface area (Å²) in [4.78, 5) is 0. The first-order chi connectivity index (χ1) is 8.86. The van der Waals surface area contributed by atoms with Crippen LogP contribution in [0.2, 0.25) is 0 Å². The molecular weight excluding hydrogens is 222 g/mol. The molecule has 0 unspecified atom stereocenters. The van der Waals surface area contributed by atoms with Crippen molar-refractivity contribution in [2.45, 2.75) is 18.9 Å². The number of benzene rings is 2. The molecule has 2 heteroatoms. The van der Waals surface area contributed by atoms with Gasteiger partial charge in [-0.3, -0.25) is 0 Å². The molecule has 0 aromatic heterocycles. The van der Waals surface area contributed by atoms with Crippen LogP contribution in [0, 0.1) is 0 Å².